The summed E-state index contributed by atoms with van der Waals surface area (Å²) in [6.45, 7) is 4.02. The van der Waals surface area contributed by atoms with Crippen molar-refractivity contribution in [2.75, 3.05) is 11.9 Å². The molecule has 0 saturated carbocycles. The number of aryl methyl sites for hydroxylation is 1. The number of anilines is 1. The van der Waals surface area contributed by atoms with E-state index in [1.54, 1.807) is 44.2 Å². The lowest BCUT2D eigenvalue weighted by atomic mass is 10.1. The second-order valence-corrected chi connectivity index (χ2v) is 8.91. The molecule has 0 saturated heterocycles. The van der Waals surface area contributed by atoms with Crippen LogP contribution >= 0.6 is 0 Å². The highest BCUT2D eigenvalue weighted by atomic mass is 16.6. The van der Waals surface area contributed by atoms with Gasteiger partial charge in [0.25, 0.3) is 5.91 Å². The van der Waals surface area contributed by atoms with Crippen molar-refractivity contribution in [3.05, 3.63) is 106 Å². The molecule has 0 spiro atoms. The minimum absolute atomic E-state index is 0.165. The largest absolute Gasteiger partial charge is 0.494 e. The van der Waals surface area contributed by atoms with Crippen LogP contribution in [0, 0.1) is 0 Å². The Kier molecular flexibility index (Phi) is 8.36. The van der Waals surface area contributed by atoms with E-state index in [1.165, 1.54) is 17.7 Å². The number of ether oxygens (including phenoxy) is 2. The molecule has 4 aromatic rings. The van der Waals surface area contributed by atoms with Gasteiger partial charge in [0, 0.05) is 17.3 Å². The van der Waals surface area contributed by atoms with E-state index in [4.69, 9.17) is 13.9 Å². The Hall–Kier alpha value is -4.39. The Labute approximate surface area is 215 Å². The molecule has 0 aliphatic carbocycles. The van der Waals surface area contributed by atoms with Crippen molar-refractivity contribution in [1.82, 2.24) is 0 Å². The van der Waals surface area contributed by atoms with Crippen LogP contribution in [0.5, 0.6) is 5.75 Å². The molecule has 0 aliphatic heterocycles. The van der Waals surface area contributed by atoms with Crippen molar-refractivity contribution in [2.24, 2.45) is 0 Å². The Morgan fingerprint density at radius 1 is 0.919 bits per heavy atom. The Balaban J connectivity index is 1.32. The van der Waals surface area contributed by atoms with Gasteiger partial charge in [-0.05, 0) is 81.1 Å². The number of nitrogens with one attached hydrogen (secondary N) is 1. The predicted molar refractivity (Wildman–Crippen MR) is 142 cm³/mol. The van der Waals surface area contributed by atoms with Crippen molar-refractivity contribution in [1.29, 1.82) is 0 Å². The second-order valence-electron chi connectivity index (χ2n) is 8.91. The number of benzene rings is 3. The van der Waals surface area contributed by atoms with E-state index in [0.717, 1.165) is 25.3 Å². The first-order chi connectivity index (χ1) is 17.9. The lowest BCUT2D eigenvalue weighted by Crippen LogP contribution is -2.15. The standard InChI is InChI=1S/C30H29NO6/c1-20(2)36-30(34)28-19-26(32)25-18-23(13-16-27(25)37-28)31-29(33)22-11-14-24(15-12-22)35-17-7-6-10-21-8-4-3-5-9-21/h3-5,8-9,11-16,18-20H,6-7,10,17H2,1-2H3,(H,31,33). The summed E-state index contributed by atoms with van der Waals surface area (Å²) in [7, 11) is 0. The molecule has 0 aliphatic rings. The van der Waals surface area contributed by atoms with Crippen LogP contribution in [0.25, 0.3) is 11.0 Å². The van der Waals surface area contributed by atoms with Crippen LogP contribution in [0.2, 0.25) is 0 Å². The SMILES string of the molecule is CC(C)OC(=O)c1cc(=O)c2cc(NC(=O)c3ccc(OCCCCc4ccccc4)cc3)ccc2o1. The molecule has 37 heavy (non-hydrogen) atoms. The zero-order valence-corrected chi connectivity index (χ0v) is 20.9. The van der Waals surface area contributed by atoms with Crippen molar-refractivity contribution >= 4 is 28.5 Å². The molecule has 7 heteroatoms. The topological polar surface area (TPSA) is 94.8 Å². The van der Waals surface area contributed by atoms with E-state index in [1.807, 2.05) is 18.2 Å². The number of carbonyl (C=O) groups is 2. The fraction of sp³-hybridized carbons (Fsp3) is 0.233. The number of esters is 1. The maximum absolute atomic E-state index is 12.7. The van der Waals surface area contributed by atoms with Crippen LogP contribution < -0.4 is 15.5 Å². The van der Waals surface area contributed by atoms with Gasteiger partial charge < -0.3 is 19.2 Å². The van der Waals surface area contributed by atoms with Crippen LogP contribution in [-0.2, 0) is 11.2 Å². The van der Waals surface area contributed by atoms with E-state index in [-0.39, 0.29) is 28.7 Å². The normalized spacial score (nSPS) is 10.9. The van der Waals surface area contributed by atoms with Gasteiger partial charge >= 0.3 is 5.97 Å². The summed E-state index contributed by atoms with van der Waals surface area (Å²) in [4.78, 5) is 37.3. The fourth-order valence-electron chi connectivity index (χ4n) is 3.78. The summed E-state index contributed by atoms with van der Waals surface area (Å²) >= 11 is 0. The lowest BCUT2D eigenvalue weighted by molar-refractivity contribution is 0.0342. The third-order valence-corrected chi connectivity index (χ3v) is 5.62. The monoisotopic (exact) mass is 499 g/mol. The molecular formula is C30H29NO6. The third-order valence-electron chi connectivity index (χ3n) is 5.62. The molecule has 1 N–H and O–H groups in total. The van der Waals surface area contributed by atoms with Crippen molar-refractivity contribution < 1.29 is 23.5 Å². The average Bonchev–Trinajstić information content (AvgIpc) is 2.89. The number of rotatable bonds is 10. The Bertz CT molecular complexity index is 1420. The number of unbranched alkanes of at least 4 members (excludes halogenated alkanes) is 1. The molecule has 0 radical (unpaired) electrons. The van der Waals surface area contributed by atoms with E-state index in [2.05, 4.69) is 17.4 Å². The van der Waals surface area contributed by atoms with E-state index >= 15 is 0 Å². The highest BCUT2D eigenvalue weighted by Gasteiger charge is 2.16. The molecule has 7 nitrogen and oxygen atoms in total. The molecule has 0 unspecified atom stereocenters. The van der Waals surface area contributed by atoms with Crippen LogP contribution in [-0.4, -0.2) is 24.6 Å². The summed E-state index contributed by atoms with van der Waals surface area (Å²) in [6, 6.07) is 23.0. The molecule has 0 fully saturated rings. The number of hydrogen-bond donors (Lipinski definition) is 1. The van der Waals surface area contributed by atoms with Gasteiger partial charge in [0.2, 0.25) is 5.76 Å². The quantitative estimate of drug-likeness (QED) is 0.212. The lowest BCUT2D eigenvalue weighted by Gasteiger charge is -2.09. The van der Waals surface area contributed by atoms with Gasteiger partial charge in [0.1, 0.15) is 11.3 Å². The summed E-state index contributed by atoms with van der Waals surface area (Å²) in [5, 5.41) is 3.03. The predicted octanol–water partition coefficient (Wildman–Crippen LogP) is 6.01. The first-order valence-electron chi connectivity index (χ1n) is 12.3. The Morgan fingerprint density at radius 2 is 1.68 bits per heavy atom. The zero-order valence-electron chi connectivity index (χ0n) is 20.9. The van der Waals surface area contributed by atoms with E-state index in [0.29, 0.717) is 23.6 Å². The number of fused-ring (bicyclic) bond motifs is 1. The third kappa shape index (κ3) is 7.07. The first-order valence-corrected chi connectivity index (χ1v) is 12.3. The first kappa shape index (κ1) is 25.7. The molecule has 1 aromatic heterocycles. The highest BCUT2D eigenvalue weighted by Crippen LogP contribution is 2.20. The summed E-state index contributed by atoms with van der Waals surface area (Å²) in [6.07, 6.45) is 2.66. The van der Waals surface area contributed by atoms with Gasteiger partial charge in [-0.2, -0.15) is 0 Å². The fourth-order valence-corrected chi connectivity index (χ4v) is 3.78. The van der Waals surface area contributed by atoms with Crippen molar-refractivity contribution in [3.63, 3.8) is 0 Å². The van der Waals surface area contributed by atoms with Gasteiger partial charge in [-0.25, -0.2) is 4.79 Å². The summed E-state index contributed by atoms with van der Waals surface area (Å²) in [5.41, 5.74) is 2.03. The van der Waals surface area contributed by atoms with Crippen molar-refractivity contribution in [2.45, 2.75) is 39.2 Å². The van der Waals surface area contributed by atoms with Crippen LogP contribution in [0.4, 0.5) is 5.69 Å². The molecule has 0 bridgehead atoms. The van der Waals surface area contributed by atoms with E-state index < -0.39 is 11.4 Å². The number of carbonyl (C=O) groups excluding carboxylic acids is 2. The minimum Gasteiger partial charge on any atom is -0.494 e. The number of amides is 1. The van der Waals surface area contributed by atoms with Crippen LogP contribution in [0.3, 0.4) is 0 Å². The highest BCUT2D eigenvalue weighted by molar-refractivity contribution is 6.05. The van der Waals surface area contributed by atoms with Gasteiger partial charge in [-0.15, -0.1) is 0 Å². The molecule has 0 atom stereocenters. The van der Waals surface area contributed by atoms with Crippen LogP contribution in [0.1, 0.15) is 53.2 Å². The summed E-state index contributed by atoms with van der Waals surface area (Å²) in [5.74, 6) is -0.492. The smallest absolute Gasteiger partial charge is 0.374 e. The molecule has 190 valence electrons. The van der Waals surface area contributed by atoms with Crippen molar-refractivity contribution in [3.8, 4) is 5.75 Å². The molecule has 3 aromatic carbocycles. The van der Waals surface area contributed by atoms with Gasteiger partial charge in [-0.1, -0.05) is 30.3 Å². The maximum Gasteiger partial charge on any atom is 0.374 e. The number of hydrogen-bond acceptors (Lipinski definition) is 6. The van der Waals surface area contributed by atoms with E-state index in [9.17, 15) is 14.4 Å². The van der Waals surface area contributed by atoms with Gasteiger partial charge in [0.05, 0.1) is 18.1 Å². The van der Waals surface area contributed by atoms with Gasteiger partial charge in [-0.3, -0.25) is 9.59 Å². The Morgan fingerprint density at radius 3 is 2.41 bits per heavy atom. The average molecular weight is 500 g/mol. The molecule has 1 heterocycles. The minimum atomic E-state index is -0.703. The van der Waals surface area contributed by atoms with Gasteiger partial charge in [0.15, 0.2) is 5.43 Å². The molecular weight excluding hydrogens is 470 g/mol. The van der Waals surface area contributed by atoms with Crippen LogP contribution in [0.15, 0.2) is 88.1 Å². The molecule has 1 amide bonds. The maximum atomic E-state index is 12.7. The second kappa shape index (κ2) is 12.0. The summed E-state index contributed by atoms with van der Waals surface area (Å²) < 4.78 is 16.4. The molecule has 4 rings (SSSR count). The zero-order chi connectivity index (χ0) is 26.2.